The SMILES string of the molecule is C=CC(=CC=CC)C(=O)OC. The maximum absolute atomic E-state index is 10.9. The fourth-order valence-electron chi connectivity index (χ4n) is 0.537. The fraction of sp³-hybridized carbons (Fsp3) is 0.222. The lowest BCUT2D eigenvalue weighted by molar-refractivity contribution is -0.135. The van der Waals surface area contributed by atoms with Crippen LogP contribution in [0.2, 0.25) is 0 Å². The molecule has 0 heterocycles. The number of hydrogen-bond acceptors (Lipinski definition) is 2. The van der Waals surface area contributed by atoms with E-state index in [1.54, 1.807) is 12.2 Å². The summed E-state index contributed by atoms with van der Waals surface area (Å²) in [7, 11) is 1.34. The van der Waals surface area contributed by atoms with Crippen molar-refractivity contribution in [3.63, 3.8) is 0 Å². The molecular formula is C9H12O2. The molecule has 0 atom stereocenters. The summed E-state index contributed by atoms with van der Waals surface area (Å²) in [6.07, 6.45) is 6.70. The van der Waals surface area contributed by atoms with Gasteiger partial charge in [-0.3, -0.25) is 0 Å². The Labute approximate surface area is 66.9 Å². The third-order valence-electron chi connectivity index (χ3n) is 1.11. The minimum atomic E-state index is -0.363. The highest BCUT2D eigenvalue weighted by Crippen LogP contribution is 1.98. The number of rotatable bonds is 3. The van der Waals surface area contributed by atoms with E-state index in [2.05, 4.69) is 11.3 Å². The van der Waals surface area contributed by atoms with Gasteiger partial charge < -0.3 is 4.74 Å². The molecule has 0 aromatic rings. The molecule has 0 unspecified atom stereocenters. The zero-order valence-electron chi connectivity index (χ0n) is 6.83. The first kappa shape index (κ1) is 9.69. The molecule has 0 N–H and O–H groups in total. The summed E-state index contributed by atoms with van der Waals surface area (Å²) in [5.41, 5.74) is 0.464. The molecule has 0 aromatic carbocycles. The first-order chi connectivity index (χ1) is 5.26. The summed E-state index contributed by atoms with van der Waals surface area (Å²) in [5, 5.41) is 0. The third kappa shape index (κ3) is 3.40. The number of allylic oxidation sites excluding steroid dienone is 3. The van der Waals surface area contributed by atoms with Crippen molar-refractivity contribution < 1.29 is 9.53 Å². The van der Waals surface area contributed by atoms with Crippen molar-refractivity contribution in [3.8, 4) is 0 Å². The number of ether oxygens (including phenoxy) is 1. The Hall–Kier alpha value is -1.31. The van der Waals surface area contributed by atoms with Gasteiger partial charge in [0.05, 0.1) is 12.7 Å². The van der Waals surface area contributed by atoms with E-state index in [0.29, 0.717) is 5.57 Å². The summed E-state index contributed by atoms with van der Waals surface area (Å²) >= 11 is 0. The van der Waals surface area contributed by atoms with E-state index in [1.807, 2.05) is 13.0 Å². The lowest BCUT2D eigenvalue weighted by atomic mass is 10.2. The Morgan fingerprint density at radius 3 is 2.55 bits per heavy atom. The van der Waals surface area contributed by atoms with Gasteiger partial charge in [-0.15, -0.1) is 0 Å². The van der Waals surface area contributed by atoms with Crippen molar-refractivity contribution in [2.24, 2.45) is 0 Å². The molecule has 11 heavy (non-hydrogen) atoms. The zero-order chi connectivity index (χ0) is 8.69. The van der Waals surface area contributed by atoms with Gasteiger partial charge in [0.2, 0.25) is 0 Å². The quantitative estimate of drug-likeness (QED) is 0.350. The second kappa shape index (κ2) is 5.47. The van der Waals surface area contributed by atoms with E-state index in [0.717, 1.165) is 0 Å². The molecule has 60 valence electrons. The normalized spacial score (nSPS) is 11.6. The van der Waals surface area contributed by atoms with Gasteiger partial charge in [-0.25, -0.2) is 4.79 Å². The van der Waals surface area contributed by atoms with Crippen LogP contribution in [-0.4, -0.2) is 13.1 Å². The first-order valence-electron chi connectivity index (χ1n) is 3.30. The number of carbonyl (C=O) groups excluding carboxylic acids is 1. The number of hydrogen-bond donors (Lipinski definition) is 0. The van der Waals surface area contributed by atoms with Crippen LogP contribution in [0.5, 0.6) is 0 Å². The van der Waals surface area contributed by atoms with Crippen LogP contribution in [0.4, 0.5) is 0 Å². The van der Waals surface area contributed by atoms with E-state index >= 15 is 0 Å². The van der Waals surface area contributed by atoms with Crippen molar-refractivity contribution in [2.45, 2.75) is 6.92 Å². The highest BCUT2D eigenvalue weighted by molar-refractivity contribution is 5.91. The summed E-state index contributed by atoms with van der Waals surface area (Å²) in [5.74, 6) is -0.363. The molecule has 0 aliphatic carbocycles. The van der Waals surface area contributed by atoms with Crippen molar-refractivity contribution in [3.05, 3.63) is 36.5 Å². The average Bonchev–Trinajstić information content (AvgIpc) is 2.05. The van der Waals surface area contributed by atoms with Gasteiger partial charge in [-0.1, -0.05) is 24.8 Å². The number of methoxy groups -OCH3 is 1. The molecule has 0 rings (SSSR count). The Balaban J connectivity index is 4.38. The molecule has 0 spiro atoms. The second-order valence-electron chi connectivity index (χ2n) is 1.84. The maximum Gasteiger partial charge on any atom is 0.337 e. The Morgan fingerprint density at radius 2 is 2.18 bits per heavy atom. The molecule has 0 aliphatic heterocycles. The second-order valence-corrected chi connectivity index (χ2v) is 1.84. The minimum absolute atomic E-state index is 0.363. The Morgan fingerprint density at radius 1 is 1.55 bits per heavy atom. The molecule has 0 aromatic heterocycles. The lowest BCUT2D eigenvalue weighted by Gasteiger charge is -1.95. The minimum Gasteiger partial charge on any atom is -0.465 e. The molecule has 0 fully saturated rings. The first-order valence-corrected chi connectivity index (χ1v) is 3.30. The molecule has 0 amide bonds. The van der Waals surface area contributed by atoms with Crippen LogP contribution in [0.15, 0.2) is 36.5 Å². The molecular weight excluding hydrogens is 140 g/mol. The van der Waals surface area contributed by atoms with Gasteiger partial charge in [0.1, 0.15) is 0 Å². The number of carbonyl (C=O) groups is 1. The predicted molar refractivity (Wildman–Crippen MR) is 45.1 cm³/mol. The van der Waals surface area contributed by atoms with E-state index in [-0.39, 0.29) is 5.97 Å². The smallest absolute Gasteiger partial charge is 0.337 e. The van der Waals surface area contributed by atoms with Crippen LogP contribution in [0.3, 0.4) is 0 Å². The Bertz CT molecular complexity index is 200. The van der Waals surface area contributed by atoms with Crippen molar-refractivity contribution >= 4 is 5.97 Å². The molecule has 0 saturated carbocycles. The fourth-order valence-corrected chi connectivity index (χ4v) is 0.537. The molecule has 0 saturated heterocycles. The predicted octanol–water partition coefficient (Wildman–Crippen LogP) is 1.85. The van der Waals surface area contributed by atoms with Gasteiger partial charge in [0, 0.05) is 0 Å². The van der Waals surface area contributed by atoms with Crippen LogP contribution in [0.1, 0.15) is 6.92 Å². The van der Waals surface area contributed by atoms with E-state index in [4.69, 9.17) is 0 Å². The molecule has 2 nitrogen and oxygen atoms in total. The van der Waals surface area contributed by atoms with Crippen molar-refractivity contribution in [2.75, 3.05) is 7.11 Å². The summed E-state index contributed by atoms with van der Waals surface area (Å²) in [6.45, 7) is 5.35. The van der Waals surface area contributed by atoms with Crippen molar-refractivity contribution in [1.29, 1.82) is 0 Å². The zero-order valence-corrected chi connectivity index (χ0v) is 6.83. The lowest BCUT2D eigenvalue weighted by Crippen LogP contribution is -2.01. The highest BCUT2D eigenvalue weighted by atomic mass is 16.5. The van der Waals surface area contributed by atoms with Gasteiger partial charge in [0.25, 0.3) is 0 Å². The van der Waals surface area contributed by atoms with Crippen molar-refractivity contribution in [1.82, 2.24) is 0 Å². The van der Waals surface area contributed by atoms with Crippen LogP contribution in [0.25, 0.3) is 0 Å². The van der Waals surface area contributed by atoms with Gasteiger partial charge in [-0.2, -0.15) is 0 Å². The molecule has 0 aliphatic rings. The van der Waals surface area contributed by atoms with Gasteiger partial charge in [-0.05, 0) is 13.0 Å². The molecule has 0 bridgehead atoms. The largest absolute Gasteiger partial charge is 0.465 e. The third-order valence-corrected chi connectivity index (χ3v) is 1.11. The summed E-state index contributed by atoms with van der Waals surface area (Å²) < 4.78 is 4.49. The van der Waals surface area contributed by atoms with Crippen LogP contribution < -0.4 is 0 Å². The highest BCUT2D eigenvalue weighted by Gasteiger charge is 2.01. The van der Waals surface area contributed by atoms with E-state index in [9.17, 15) is 4.79 Å². The van der Waals surface area contributed by atoms with Gasteiger partial charge >= 0.3 is 5.97 Å². The van der Waals surface area contributed by atoms with Crippen LogP contribution in [-0.2, 0) is 9.53 Å². The number of esters is 1. The maximum atomic E-state index is 10.9. The van der Waals surface area contributed by atoms with E-state index < -0.39 is 0 Å². The summed E-state index contributed by atoms with van der Waals surface area (Å²) in [6, 6.07) is 0. The molecule has 0 radical (unpaired) electrons. The van der Waals surface area contributed by atoms with Gasteiger partial charge in [0.15, 0.2) is 0 Å². The van der Waals surface area contributed by atoms with Crippen LogP contribution in [0, 0.1) is 0 Å². The summed E-state index contributed by atoms with van der Waals surface area (Å²) in [4.78, 5) is 10.9. The van der Waals surface area contributed by atoms with E-state index in [1.165, 1.54) is 13.2 Å². The topological polar surface area (TPSA) is 26.3 Å². The Kier molecular flexibility index (Phi) is 4.82. The monoisotopic (exact) mass is 152 g/mol. The van der Waals surface area contributed by atoms with Crippen LogP contribution >= 0.6 is 0 Å². The average molecular weight is 152 g/mol. The standard InChI is InChI=1S/C9H12O2/c1-4-6-7-8(5-2)9(10)11-3/h4-7H,2H2,1,3H3. The molecule has 2 heteroatoms.